The van der Waals surface area contributed by atoms with Crippen molar-refractivity contribution in [1.29, 1.82) is 0 Å². The molecule has 1 aliphatic rings. The van der Waals surface area contributed by atoms with E-state index < -0.39 is 53.6 Å². The van der Waals surface area contributed by atoms with Crippen LogP contribution in [0.1, 0.15) is 33.5 Å². The van der Waals surface area contributed by atoms with Crippen LogP contribution < -0.4 is 10.6 Å². The van der Waals surface area contributed by atoms with E-state index in [-0.39, 0.29) is 37.2 Å². The van der Waals surface area contributed by atoms with Crippen molar-refractivity contribution in [2.45, 2.75) is 50.6 Å². The van der Waals surface area contributed by atoms with Gasteiger partial charge in [-0.15, -0.1) is 0 Å². The van der Waals surface area contributed by atoms with Crippen LogP contribution in [-0.4, -0.2) is 68.8 Å². The molecule has 1 saturated heterocycles. The Morgan fingerprint density at radius 1 is 1.00 bits per heavy atom. The standard InChI is InChI=1S/C30H31F2N3O6/c1-17-21(8-5-9-26(17)37)28(39)34-24(13-18-6-3-2-4-7-18)27(38)30(41)35-16-20(36)14-25(35)29(40)33-15-19-10-11-22(31)23(32)12-19/h2-12,20,24-25,27,36-38H,13-16H2,1H3,(H,33,40)(H,34,39). The number of phenolic OH excluding ortho intramolecular Hbond substituents is 1. The predicted octanol–water partition coefficient (Wildman–Crippen LogP) is 1.96. The van der Waals surface area contributed by atoms with Crippen LogP contribution in [0.2, 0.25) is 0 Å². The Bertz CT molecular complexity index is 1420. The van der Waals surface area contributed by atoms with Gasteiger partial charge in [-0.3, -0.25) is 14.4 Å². The smallest absolute Gasteiger partial charge is 0.254 e. The highest BCUT2D eigenvalue weighted by Crippen LogP contribution is 2.23. The van der Waals surface area contributed by atoms with Crippen molar-refractivity contribution in [3.05, 3.63) is 101 Å². The van der Waals surface area contributed by atoms with Crippen molar-refractivity contribution < 1.29 is 38.5 Å². The first-order valence-electron chi connectivity index (χ1n) is 13.1. The van der Waals surface area contributed by atoms with Gasteiger partial charge in [0.05, 0.1) is 12.1 Å². The summed E-state index contributed by atoms with van der Waals surface area (Å²) >= 11 is 0. The van der Waals surface area contributed by atoms with E-state index in [0.29, 0.717) is 11.1 Å². The number of benzene rings is 3. The fraction of sp³-hybridized carbons (Fsp3) is 0.300. The molecule has 0 spiro atoms. The molecule has 0 aliphatic carbocycles. The maximum absolute atomic E-state index is 13.5. The molecule has 0 radical (unpaired) electrons. The van der Waals surface area contributed by atoms with E-state index in [1.807, 2.05) is 0 Å². The summed E-state index contributed by atoms with van der Waals surface area (Å²) in [5.74, 6) is -4.32. The van der Waals surface area contributed by atoms with Crippen LogP contribution in [0.15, 0.2) is 66.7 Å². The number of halogens is 2. The maximum atomic E-state index is 13.5. The molecule has 3 aromatic rings. The van der Waals surface area contributed by atoms with Crippen LogP contribution in [0.3, 0.4) is 0 Å². The van der Waals surface area contributed by atoms with Crippen LogP contribution in [0.5, 0.6) is 5.75 Å². The predicted molar refractivity (Wildman–Crippen MR) is 145 cm³/mol. The third-order valence-electron chi connectivity index (χ3n) is 7.11. The number of aliphatic hydroxyl groups excluding tert-OH is 2. The van der Waals surface area contributed by atoms with Crippen LogP contribution in [0.25, 0.3) is 0 Å². The number of nitrogens with zero attached hydrogens (tertiary/aromatic N) is 1. The first-order valence-corrected chi connectivity index (χ1v) is 13.1. The molecule has 1 aliphatic heterocycles. The molecule has 9 nitrogen and oxygen atoms in total. The Balaban J connectivity index is 1.52. The molecule has 4 atom stereocenters. The highest BCUT2D eigenvalue weighted by molar-refractivity contribution is 5.97. The highest BCUT2D eigenvalue weighted by atomic mass is 19.2. The number of hydrogen-bond donors (Lipinski definition) is 5. The second-order valence-corrected chi connectivity index (χ2v) is 10.0. The molecular formula is C30H31F2N3O6. The number of carbonyl (C=O) groups excluding carboxylic acids is 3. The summed E-state index contributed by atoms with van der Waals surface area (Å²) in [5, 5.41) is 36.8. The van der Waals surface area contributed by atoms with Gasteiger partial charge in [0, 0.05) is 30.6 Å². The maximum Gasteiger partial charge on any atom is 0.254 e. The van der Waals surface area contributed by atoms with Crippen LogP contribution in [0, 0.1) is 18.6 Å². The molecule has 0 bridgehead atoms. The zero-order valence-electron chi connectivity index (χ0n) is 22.3. The number of aliphatic hydroxyl groups is 2. The van der Waals surface area contributed by atoms with E-state index in [0.717, 1.165) is 22.6 Å². The SMILES string of the molecule is Cc1c(O)cccc1C(=O)NC(Cc1ccccc1)C(O)C(=O)N1CC(O)CC1C(=O)NCc1ccc(F)c(F)c1. The lowest BCUT2D eigenvalue weighted by atomic mass is 9.98. The van der Waals surface area contributed by atoms with Crippen molar-refractivity contribution in [3.63, 3.8) is 0 Å². The molecule has 0 aromatic heterocycles. The van der Waals surface area contributed by atoms with Gasteiger partial charge in [0.2, 0.25) is 5.91 Å². The van der Waals surface area contributed by atoms with Gasteiger partial charge in [-0.05, 0) is 48.7 Å². The summed E-state index contributed by atoms with van der Waals surface area (Å²) in [6.45, 7) is 1.19. The zero-order valence-corrected chi connectivity index (χ0v) is 22.3. The average molecular weight is 568 g/mol. The molecule has 41 heavy (non-hydrogen) atoms. The Kier molecular flexibility index (Phi) is 9.31. The average Bonchev–Trinajstić information content (AvgIpc) is 3.36. The lowest BCUT2D eigenvalue weighted by Crippen LogP contribution is -2.55. The third-order valence-corrected chi connectivity index (χ3v) is 7.11. The Hall–Kier alpha value is -4.35. The van der Waals surface area contributed by atoms with Gasteiger partial charge >= 0.3 is 0 Å². The molecule has 1 heterocycles. The van der Waals surface area contributed by atoms with Crippen molar-refractivity contribution >= 4 is 17.7 Å². The third kappa shape index (κ3) is 7.05. The fourth-order valence-electron chi connectivity index (χ4n) is 4.83. The molecule has 0 saturated carbocycles. The van der Waals surface area contributed by atoms with E-state index in [9.17, 15) is 38.5 Å². The number of likely N-dealkylation sites (tertiary alicyclic amines) is 1. The summed E-state index contributed by atoms with van der Waals surface area (Å²) in [5.41, 5.74) is 1.50. The molecular weight excluding hydrogens is 536 g/mol. The quantitative estimate of drug-likeness (QED) is 0.268. The molecule has 3 amide bonds. The van der Waals surface area contributed by atoms with Crippen molar-refractivity contribution in [2.75, 3.05) is 6.54 Å². The first kappa shape index (κ1) is 29.6. The summed E-state index contributed by atoms with van der Waals surface area (Å²) in [7, 11) is 0. The van der Waals surface area contributed by atoms with E-state index >= 15 is 0 Å². The second kappa shape index (κ2) is 12.9. The Morgan fingerprint density at radius 2 is 1.73 bits per heavy atom. The highest BCUT2D eigenvalue weighted by Gasteiger charge is 2.42. The van der Waals surface area contributed by atoms with Crippen LogP contribution in [0.4, 0.5) is 8.78 Å². The van der Waals surface area contributed by atoms with Gasteiger partial charge in [-0.2, -0.15) is 0 Å². The summed E-state index contributed by atoms with van der Waals surface area (Å²) in [6, 6.07) is 14.2. The van der Waals surface area contributed by atoms with Crippen molar-refractivity contribution in [3.8, 4) is 5.75 Å². The van der Waals surface area contributed by atoms with Crippen molar-refractivity contribution in [2.24, 2.45) is 0 Å². The van der Waals surface area contributed by atoms with E-state index in [4.69, 9.17) is 0 Å². The molecule has 4 unspecified atom stereocenters. The summed E-state index contributed by atoms with van der Waals surface area (Å²) in [6.07, 6.45) is -2.85. The number of nitrogens with one attached hydrogen (secondary N) is 2. The molecule has 5 N–H and O–H groups in total. The minimum Gasteiger partial charge on any atom is -0.508 e. The number of aromatic hydroxyl groups is 1. The van der Waals surface area contributed by atoms with Gasteiger partial charge in [0.15, 0.2) is 17.7 Å². The molecule has 4 rings (SSSR count). The number of phenols is 1. The van der Waals surface area contributed by atoms with Crippen LogP contribution >= 0.6 is 0 Å². The van der Waals surface area contributed by atoms with E-state index in [1.165, 1.54) is 24.3 Å². The molecule has 216 valence electrons. The van der Waals surface area contributed by atoms with Gasteiger partial charge in [-0.1, -0.05) is 42.5 Å². The number of carbonyl (C=O) groups is 3. The first-order chi connectivity index (χ1) is 19.5. The van der Waals surface area contributed by atoms with Gasteiger partial charge in [0.1, 0.15) is 11.8 Å². The zero-order chi connectivity index (χ0) is 29.7. The van der Waals surface area contributed by atoms with Crippen molar-refractivity contribution in [1.82, 2.24) is 15.5 Å². The lowest BCUT2D eigenvalue weighted by molar-refractivity contribution is -0.146. The number of β-amino-alcohol motifs (C(OH)–C–C–N with tert-alkyl or cyclic N) is 1. The van der Waals surface area contributed by atoms with Gasteiger partial charge < -0.3 is 30.9 Å². The second-order valence-electron chi connectivity index (χ2n) is 10.0. The number of rotatable bonds is 9. The summed E-state index contributed by atoms with van der Waals surface area (Å²) < 4.78 is 26.8. The topological polar surface area (TPSA) is 139 Å². The Morgan fingerprint density at radius 3 is 2.44 bits per heavy atom. The minimum atomic E-state index is -1.79. The fourth-order valence-corrected chi connectivity index (χ4v) is 4.83. The van der Waals surface area contributed by atoms with E-state index in [2.05, 4.69) is 10.6 Å². The normalized spacial score (nSPS) is 18.0. The van der Waals surface area contributed by atoms with Gasteiger partial charge in [-0.25, -0.2) is 8.78 Å². The molecule has 1 fully saturated rings. The van der Waals surface area contributed by atoms with Gasteiger partial charge in [0.25, 0.3) is 11.8 Å². The Labute approximate surface area is 235 Å². The molecule has 3 aromatic carbocycles. The molecule has 11 heteroatoms. The number of amides is 3. The monoisotopic (exact) mass is 567 g/mol. The van der Waals surface area contributed by atoms with Crippen LogP contribution in [-0.2, 0) is 22.6 Å². The number of hydrogen-bond acceptors (Lipinski definition) is 6. The van der Waals surface area contributed by atoms with E-state index in [1.54, 1.807) is 37.3 Å². The minimum absolute atomic E-state index is 0.0702. The largest absolute Gasteiger partial charge is 0.508 e. The lowest BCUT2D eigenvalue weighted by Gasteiger charge is -2.30. The summed E-state index contributed by atoms with van der Waals surface area (Å²) in [4.78, 5) is 40.7.